The highest BCUT2D eigenvalue weighted by Crippen LogP contribution is 2.08. The molecule has 5 heteroatoms. The Morgan fingerprint density at radius 3 is 2.68 bits per heavy atom. The van der Waals surface area contributed by atoms with Crippen LogP contribution in [0.5, 0.6) is 0 Å². The summed E-state index contributed by atoms with van der Waals surface area (Å²) in [7, 11) is 0. The summed E-state index contributed by atoms with van der Waals surface area (Å²) in [6.07, 6.45) is 4.91. The number of hydrogen-bond donors (Lipinski definition) is 1. The Morgan fingerprint density at radius 2 is 2.05 bits per heavy atom. The molecule has 0 aliphatic carbocycles. The van der Waals surface area contributed by atoms with Crippen molar-refractivity contribution in [2.24, 2.45) is 0 Å². The van der Waals surface area contributed by atoms with Crippen LogP contribution in [0.15, 0.2) is 18.5 Å². The number of aryl methyl sites for hydroxylation is 4. The van der Waals surface area contributed by atoms with Gasteiger partial charge in [0, 0.05) is 37.2 Å². The number of nitrogens with one attached hydrogen (secondary N) is 1. The number of aromatic nitrogens is 4. The van der Waals surface area contributed by atoms with Crippen molar-refractivity contribution in [1.82, 2.24) is 19.3 Å². The summed E-state index contributed by atoms with van der Waals surface area (Å²) in [5.74, 6) is 0.948. The van der Waals surface area contributed by atoms with Crippen molar-refractivity contribution in [2.45, 2.75) is 53.2 Å². The van der Waals surface area contributed by atoms with Gasteiger partial charge in [0.25, 0.3) is 0 Å². The molecule has 0 aliphatic heterocycles. The molecule has 0 radical (unpaired) electrons. The molecule has 0 bridgehead atoms. The molecule has 2 heterocycles. The van der Waals surface area contributed by atoms with Gasteiger partial charge in [-0.25, -0.2) is 4.98 Å². The minimum absolute atomic E-state index is 0.400. The molecule has 0 atom stereocenters. The van der Waals surface area contributed by atoms with Crippen LogP contribution in [0.1, 0.15) is 31.7 Å². The highest BCUT2D eigenvalue weighted by Gasteiger charge is 2.05. The molecule has 2 aromatic rings. The minimum Gasteiger partial charge on any atom is -0.353 e. The lowest BCUT2D eigenvalue weighted by Gasteiger charge is -2.12. The van der Waals surface area contributed by atoms with Crippen LogP contribution in [0.4, 0.5) is 5.95 Å². The van der Waals surface area contributed by atoms with Gasteiger partial charge in [-0.05, 0) is 40.2 Å². The topological polar surface area (TPSA) is 47.7 Å². The summed E-state index contributed by atoms with van der Waals surface area (Å²) in [6.45, 7) is 10.3. The highest BCUT2D eigenvalue weighted by molar-refractivity contribution is 5.26. The van der Waals surface area contributed by atoms with Gasteiger partial charge >= 0.3 is 0 Å². The quantitative estimate of drug-likeness (QED) is 0.869. The molecule has 0 saturated heterocycles. The van der Waals surface area contributed by atoms with Crippen LogP contribution < -0.4 is 5.32 Å². The van der Waals surface area contributed by atoms with Crippen molar-refractivity contribution < 1.29 is 0 Å². The summed E-state index contributed by atoms with van der Waals surface area (Å²) >= 11 is 0. The van der Waals surface area contributed by atoms with Gasteiger partial charge in [-0.2, -0.15) is 5.10 Å². The predicted octanol–water partition coefficient (Wildman–Crippen LogP) is 2.61. The third kappa shape index (κ3) is 3.59. The zero-order chi connectivity index (χ0) is 13.8. The molecule has 5 nitrogen and oxygen atoms in total. The van der Waals surface area contributed by atoms with Gasteiger partial charge in [0.2, 0.25) is 5.95 Å². The lowest BCUT2D eigenvalue weighted by molar-refractivity contribution is 0.517. The van der Waals surface area contributed by atoms with Gasteiger partial charge in [-0.3, -0.25) is 4.68 Å². The van der Waals surface area contributed by atoms with Crippen molar-refractivity contribution in [3.63, 3.8) is 0 Å². The second-order valence-electron chi connectivity index (χ2n) is 5.25. The first-order valence-electron chi connectivity index (χ1n) is 6.85. The van der Waals surface area contributed by atoms with Gasteiger partial charge in [0.1, 0.15) is 0 Å². The molecular weight excluding hydrogens is 238 g/mol. The van der Waals surface area contributed by atoms with Crippen LogP contribution in [0, 0.1) is 13.8 Å². The Balaban J connectivity index is 1.89. The average Bonchev–Trinajstić information content (AvgIpc) is 2.86. The highest BCUT2D eigenvalue weighted by atomic mass is 15.3. The van der Waals surface area contributed by atoms with Gasteiger partial charge in [-0.1, -0.05) is 0 Å². The molecule has 0 saturated carbocycles. The largest absolute Gasteiger partial charge is 0.353 e. The molecule has 0 amide bonds. The fourth-order valence-corrected chi connectivity index (χ4v) is 2.18. The molecule has 19 heavy (non-hydrogen) atoms. The monoisotopic (exact) mass is 261 g/mol. The average molecular weight is 261 g/mol. The zero-order valence-electron chi connectivity index (χ0n) is 12.2. The lowest BCUT2D eigenvalue weighted by atomic mass is 10.4. The molecule has 0 spiro atoms. The van der Waals surface area contributed by atoms with Crippen LogP contribution >= 0.6 is 0 Å². The van der Waals surface area contributed by atoms with Crippen LogP contribution in [-0.4, -0.2) is 25.4 Å². The van der Waals surface area contributed by atoms with Crippen LogP contribution in [0.3, 0.4) is 0 Å². The summed E-state index contributed by atoms with van der Waals surface area (Å²) in [5, 5.41) is 7.82. The third-order valence-corrected chi connectivity index (χ3v) is 3.01. The number of nitrogens with zero attached hydrogens (tertiary/aromatic N) is 4. The molecule has 2 rings (SSSR count). The Kier molecular flexibility index (Phi) is 4.24. The first kappa shape index (κ1) is 13.6. The van der Waals surface area contributed by atoms with Crippen molar-refractivity contribution in [1.29, 1.82) is 0 Å². The Labute approximate surface area is 114 Å². The van der Waals surface area contributed by atoms with E-state index in [2.05, 4.69) is 51.5 Å². The van der Waals surface area contributed by atoms with Crippen LogP contribution in [0.25, 0.3) is 0 Å². The Bertz CT molecular complexity index is 524. The van der Waals surface area contributed by atoms with E-state index in [1.807, 2.05) is 19.3 Å². The molecule has 0 aromatic carbocycles. The Morgan fingerprint density at radius 1 is 1.26 bits per heavy atom. The molecule has 2 aromatic heterocycles. The van der Waals surface area contributed by atoms with E-state index >= 15 is 0 Å². The molecule has 0 unspecified atom stereocenters. The van der Waals surface area contributed by atoms with Crippen molar-refractivity contribution >= 4 is 5.95 Å². The SMILES string of the molecule is Cc1cc(C)n(CCCn2ccnc2NC(C)C)n1. The van der Waals surface area contributed by atoms with Gasteiger partial charge < -0.3 is 9.88 Å². The summed E-state index contributed by atoms with van der Waals surface area (Å²) in [5.41, 5.74) is 2.31. The van der Waals surface area contributed by atoms with Gasteiger partial charge in [0.05, 0.1) is 5.69 Å². The normalized spacial score (nSPS) is 11.2. The molecule has 104 valence electrons. The summed E-state index contributed by atoms with van der Waals surface area (Å²) in [6, 6.07) is 2.51. The molecule has 1 N–H and O–H groups in total. The maximum Gasteiger partial charge on any atom is 0.202 e. The fraction of sp³-hybridized carbons (Fsp3) is 0.571. The number of imidazole rings is 1. The van der Waals surface area contributed by atoms with E-state index in [9.17, 15) is 0 Å². The van der Waals surface area contributed by atoms with Crippen LogP contribution in [-0.2, 0) is 13.1 Å². The van der Waals surface area contributed by atoms with E-state index in [0.717, 1.165) is 31.2 Å². The number of anilines is 1. The standard InChI is InChI=1S/C14H23N5/c1-11(2)16-14-15-6-9-18(14)7-5-8-19-13(4)10-12(3)17-19/h6,9-11H,5,7-8H2,1-4H3,(H,15,16). The minimum atomic E-state index is 0.400. The van der Waals surface area contributed by atoms with E-state index < -0.39 is 0 Å². The van der Waals surface area contributed by atoms with E-state index in [1.165, 1.54) is 5.69 Å². The smallest absolute Gasteiger partial charge is 0.202 e. The van der Waals surface area contributed by atoms with Crippen LogP contribution in [0.2, 0.25) is 0 Å². The molecule has 0 aliphatic rings. The molecule has 0 fully saturated rings. The summed E-state index contributed by atoms with van der Waals surface area (Å²) in [4.78, 5) is 4.33. The third-order valence-electron chi connectivity index (χ3n) is 3.01. The molecular formula is C14H23N5. The van der Waals surface area contributed by atoms with Gasteiger partial charge in [-0.15, -0.1) is 0 Å². The fourth-order valence-electron chi connectivity index (χ4n) is 2.18. The maximum absolute atomic E-state index is 4.48. The Hall–Kier alpha value is -1.78. The lowest BCUT2D eigenvalue weighted by Crippen LogP contribution is -2.15. The van der Waals surface area contributed by atoms with E-state index in [0.29, 0.717) is 6.04 Å². The first-order valence-corrected chi connectivity index (χ1v) is 6.85. The second kappa shape index (κ2) is 5.91. The number of hydrogen-bond acceptors (Lipinski definition) is 3. The number of rotatable bonds is 6. The van der Waals surface area contributed by atoms with Crippen molar-refractivity contribution in [2.75, 3.05) is 5.32 Å². The van der Waals surface area contributed by atoms with Crippen molar-refractivity contribution in [3.05, 3.63) is 29.8 Å². The van der Waals surface area contributed by atoms with E-state index in [1.54, 1.807) is 0 Å². The second-order valence-corrected chi connectivity index (χ2v) is 5.25. The zero-order valence-corrected chi connectivity index (χ0v) is 12.2. The van der Waals surface area contributed by atoms with E-state index in [4.69, 9.17) is 0 Å². The summed E-state index contributed by atoms with van der Waals surface area (Å²) < 4.78 is 4.23. The first-order chi connectivity index (χ1) is 9.06. The van der Waals surface area contributed by atoms with Crippen molar-refractivity contribution in [3.8, 4) is 0 Å². The van der Waals surface area contributed by atoms with Gasteiger partial charge in [0.15, 0.2) is 0 Å². The maximum atomic E-state index is 4.48. The van der Waals surface area contributed by atoms with E-state index in [-0.39, 0.29) is 0 Å². The predicted molar refractivity (Wildman–Crippen MR) is 77.3 cm³/mol.